The molecule has 0 aromatic carbocycles. The lowest BCUT2D eigenvalue weighted by molar-refractivity contribution is -0.166. The first kappa shape index (κ1) is 75.8. The molecule has 0 fully saturated rings. The van der Waals surface area contributed by atoms with E-state index in [-0.39, 0.29) is 31.6 Å². The molecule has 0 radical (unpaired) electrons. The van der Waals surface area contributed by atoms with E-state index in [1.54, 1.807) is 6.08 Å². The zero-order valence-electron chi connectivity index (χ0n) is 52.6. The number of allylic oxidation sites excluding steroid dienone is 11. The Kier molecular flexibility index (Phi) is 64.7. The largest absolute Gasteiger partial charge is 0.462 e. The van der Waals surface area contributed by atoms with E-state index in [0.29, 0.717) is 12.8 Å². The van der Waals surface area contributed by atoms with Crippen LogP contribution in [0.2, 0.25) is 0 Å². The third-order valence-corrected chi connectivity index (χ3v) is 15.2. The lowest BCUT2D eigenvalue weighted by atomic mass is 10.0. The van der Waals surface area contributed by atoms with Gasteiger partial charge < -0.3 is 14.2 Å². The van der Waals surface area contributed by atoms with E-state index < -0.39 is 12.1 Å². The quantitative estimate of drug-likeness (QED) is 0.0261. The van der Waals surface area contributed by atoms with Crippen molar-refractivity contribution in [2.24, 2.45) is 0 Å². The Bertz CT molecular complexity index is 1450. The SMILES string of the molecule is CC/C=C\C/C=C\C/C=C\C/C=C\C/C=C\CC(=O)OC(COC(=O)CCCCCCC/C=C\CCCC)COC(=O)CCCCCCCCCCCCCCCCCCCCCCCCCCCCCCCCCCCCC. The van der Waals surface area contributed by atoms with E-state index in [1.165, 1.54) is 231 Å². The first-order valence-electron chi connectivity index (χ1n) is 34.4. The maximum Gasteiger partial charge on any atom is 0.310 e. The predicted molar refractivity (Wildman–Crippen MR) is 344 cm³/mol. The predicted octanol–water partition coefficient (Wildman–Crippen LogP) is 23.7. The summed E-state index contributed by atoms with van der Waals surface area (Å²) in [5.41, 5.74) is 0. The van der Waals surface area contributed by atoms with Crippen LogP contribution in [0.4, 0.5) is 0 Å². The molecule has 0 saturated heterocycles. The third-order valence-electron chi connectivity index (χ3n) is 15.2. The molecular formula is C73H130O6. The summed E-state index contributed by atoms with van der Waals surface area (Å²) in [6, 6.07) is 0. The molecule has 0 saturated carbocycles. The molecule has 0 aliphatic heterocycles. The summed E-state index contributed by atoms with van der Waals surface area (Å²) < 4.78 is 16.8. The van der Waals surface area contributed by atoms with Crippen LogP contribution in [-0.4, -0.2) is 37.2 Å². The number of hydrogen-bond donors (Lipinski definition) is 0. The normalized spacial score (nSPS) is 12.5. The molecule has 0 bridgehead atoms. The number of ether oxygens (including phenoxy) is 3. The Morgan fingerprint density at radius 3 is 0.861 bits per heavy atom. The highest BCUT2D eigenvalue weighted by Gasteiger charge is 2.19. The summed E-state index contributed by atoms with van der Waals surface area (Å²) in [6.07, 6.45) is 88.6. The standard InChI is InChI=1S/C73H130O6/c1-4-7-10-13-16-19-22-24-26-27-28-29-30-31-32-33-34-35-36-37-38-39-40-41-42-43-44-45-47-48-51-54-57-60-63-66-72(75)78-69-70(68-77-71(74)65-62-59-56-53-50-21-18-15-12-9-6-3)79-73(76)67-64-61-58-55-52-49-46-25-23-20-17-14-11-8-5-2/h8,11,15,17-18,20,25,46,52,55,61,64,70H,4-7,9-10,12-14,16,19,21-24,26-45,47-51,53-54,56-60,62-63,65-69H2,1-3H3/b11-8-,18-15-,20-17-,46-25-,55-52-,64-61-. The van der Waals surface area contributed by atoms with Crippen molar-refractivity contribution < 1.29 is 28.6 Å². The molecular weight excluding hydrogens is 973 g/mol. The molecule has 1 atom stereocenters. The average molecular weight is 1100 g/mol. The summed E-state index contributed by atoms with van der Waals surface area (Å²) in [7, 11) is 0. The topological polar surface area (TPSA) is 78.9 Å². The van der Waals surface area contributed by atoms with Gasteiger partial charge in [-0.15, -0.1) is 0 Å². The van der Waals surface area contributed by atoms with Crippen molar-refractivity contribution in [2.45, 2.75) is 361 Å². The van der Waals surface area contributed by atoms with Crippen LogP contribution in [0.25, 0.3) is 0 Å². The number of hydrogen-bond acceptors (Lipinski definition) is 6. The van der Waals surface area contributed by atoms with Gasteiger partial charge in [-0.25, -0.2) is 0 Å². The lowest BCUT2D eigenvalue weighted by Crippen LogP contribution is -2.30. The van der Waals surface area contributed by atoms with E-state index in [4.69, 9.17) is 14.2 Å². The van der Waals surface area contributed by atoms with Gasteiger partial charge in [-0.3, -0.25) is 14.4 Å². The van der Waals surface area contributed by atoms with E-state index in [0.717, 1.165) is 83.5 Å². The Balaban J connectivity index is 4.06. The minimum atomic E-state index is -0.832. The highest BCUT2D eigenvalue weighted by Crippen LogP contribution is 2.18. The number of carbonyl (C=O) groups is 3. The monoisotopic (exact) mass is 1100 g/mol. The van der Waals surface area contributed by atoms with Crippen LogP contribution in [0.15, 0.2) is 72.9 Å². The molecule has 0 aromatic rings. The molecule has 0 aromatic heterocycles. The zero-order chi connectivity index (χ0) is 57.1. The van der Waals surface area contributed by atoms with Gasteiger partial charge in [-0.1, -0.05) is 344 Å². The molecule has 458 valence electrons. The van der Waals surface area contributed by atoms with Gasteiger partial charge in [0, 0.05) is 12.8 Å². The Hall–Kier alpha value is -3.15. The summed E-state index contributed by atoms with van der Waals surface area (Å²) in [5.74, 6) is -1.04. The van der Waals surface area contributed by atoms with Gasteiger partial charge in [0.2, 0.25) is 0 Å². The van der Waals surface area contributed by atoms with Crippen LogP contribution < -0.4 is 0 Å². The number of carbonyl (C=O) groups excluding carboxylic acids is 3. The van der Waals surface area contributed by atoms with Gasteiger partial charge in [0.05, 0.1) is 6.42 Å². The molecule has 6 nitrogen and oxygen atoms in total. The van der Waals surface area contributed by atoms with Gasteiger partial charge in [0.1, 0.15) is 13.2 Å². The van der Waals surface area contributed by atoms with Gasteiger partial charge in [0.25, 0.3) is 0 Å². The summed E-state index contributed by atoms with van der Waals surface area (Å²) in [6.45, 7) is 6.43. The van der Waals surface area contributed by atoms with E-state index >= 15 is 0 Å². The minimum Gasteiger partial charge on any atom is -0.462 e. The second kappa shape index (κ2) is 67.4. The van der Waals surface area contributed by atoms with Gasteiger partial charge >= 0.3 is 17.9 Å². The van der Waals surface area contributed by atoms with Crippen LogP contribution in [0.3, 0.4) is 0 Å². The molecule has 0 spiro atoms. The number of rotatable bonds is 63. The second-order valence-corrected chi connectivity index (χ2v) is 23.1. The van der Waals surface area contributed by atoms with Crippen molar-refractivity contribution >= 4 is 17.9 Å². The Labute approximate surface area is 491 Å². The average Bonchev–Trinajstić information content (AvgIpc) is 3.45. The van der Waals surface area contributed by atoms with E-state index in [1.807, 2.05) is 6.08 Å². The van der Waals surface area contributed by atoms with Gasteiger partial charge in [-0.2, -0.15) is 0 Å². The van der Waals surface area contributed by atoms with Crippen LogP contribution in [0.5, 0.6) is 0 Å². The zero-order valence-corrected chi connectivity index (χ0v) is 52.6. The van der Waals surface area contributed by atoms with E-state index in [9.17, 15) is 14.4 Å². The summed E-state index contributed by atoms with van der Waals surface area (Å²) >= 11 is 0. The van der Waals surface area contributed by atoms with Crippen molar-refractivity contribution in [3.63, 3.8) is 0 Å². The Morgan fingerprint density at radius 2 is 0.544 bits per heavy atom. The van der Waals surface area contributed by atoms with Gasteiger partial charge in [-0.05, 0) is 64.2 Å². The molecule has 0 aliphatic rings. The maximum atomic E-state index is 12.8. The molecule has 1 unspecified atom stereocenters. The van der Waals surface area contributed by atoms with Crippen molar-refractivity contribution in [2.75, 3.05) is 13.2 Å². The summed E-state index contributed by atoms with van der Waals surface area (Å²) in [4.78, 5) is 38.1. The fourth-order valence-electron chi connectivity index (χ4n) is 10.1. The van der Waals surface area contributed by atoms with Crippen LogP contribution in [0, 0.1) is 0 Å². The molecule has 0 heterocycles. The molecule has 0 amide bonds. The molecule has 0 rings (SSSR count). The highest BCUT2D eigenvalue weighted by molar-refractivity contribution is 5.72. The fourth-order valence-corrected chi connectivity index (χ4v) is 10.1. The molecule has 79 heavy (non-hydrogen) atoms. The first-order chi connectivity index (χ1) is 39.0. The molecule has 0 N–H and O–H groups in total. The van der Waals surface area contributed by atoms with Crippen LogP contribution in [-0.2, 0) is 28.6 Å². The van der Waals surface area contributed by atoms with Crippen LogP contribution in [0.1, 0.15) is 355 Å². The Morgan fingerprint density at radius 1 is 0.278 bits per heavy atom. The fraction of sp³-hybridized carbons (Fsp3) is 0.795. The first-order valence-corrected chi connectivity index (χ1v) is 34.4. The molecule has 0 aliphatic carbocycles. The van der Waals surface area contributed by atoms with Crippen molar-refractivity contribution in [3.8, 4) is 0 Å². The van der Waals surface area contributed by atoms with Crippen molar-refractivity contribution in [1.29, 1.82) is 0 Å². The summed E-state index contributed by atoms with van der Waals surface area (Å²) in [5, 5.41) is 0. The molecule has 6 heteroatoms. The lowest BCUT2D eigenvalue weighted by Gasteiger charge is -2.18. The maximum absolute atomic E-state index is 12.8. The van der Waals surface area contributed by atoms with Crippen molar-refractivity contribution in [1.82, 2.24) is 0 Å². The number of unbranched alkanes of at least 4 members (excludes halogenated alkanes) is 41. The minimum absolute atomic E-state index is 0.0974. The van der Waals surface area contributed by atoms with Gasteiger partial charge in [0.15, 0.2) is 6.10 Å². The third kappa shape index (κ3) is 65.5. The van der Waals surface area contributed by atoms with E-state index in [2.05, 4.69) is 81.5 Å². The van der Waals surface area contributed by atoms with Crippen LogP contribution >= 0.6 is 0 Å². The second-order valence-electron chi connectivity index (χ2n) is 23.1. The smallest absolute Gasteiger partial charge is 0.310 e. The highest BCUT2D eigenvalue weighted by atomic mass is 16.6. The number of esters is 3. The van der Waals surface area contributed by atoms with Crippen molar-refractivity contribution in [3.05, 3.63) is 72.9 Å².